The summed E-state index contributed by atoms with van der Waals surface area (Å²) in [5.41, 5.74) is -2.07. The summed E-state index contributed by atoms with van der Waals surface area (Å²) < 4.78 is 42.9. The first-order valence-electron chi connectivity index (χ1n) is 13.1. The number of allylic oxidation sites excluding steroid dienone is 1. The lowest BCUT2D eigenvalue weighted by atomic mass is 9.66. The van der Waals surface area contributed by atoms with Crippen molar-refractivity contribution in [1.29, 1.82) is 0 Å². The zero-order valence-corrected chi connectivity index (χ0v) is 23.2. The smallest absolute Gasteiger partial charge is 0.380 e. The number of nitrogens with zero attached hydrogens (tertiary/aromatic N) is 1. The number of piperidine rings is 1. The molecular weight excluding hydrogens is 534 g/mol. The second-order valence-electron chi connectivity index (χ2n) is 11.1. The van der Waals surface area contributed by atoms with E-state index >= 15 is 0 Å². The zero-order valence-electron chi connectivity index (χ0n) is 21.6. The molecule has 2 aromatic rings. The number of carbonyl (C=O) groups is 1. The van der Waals surface area contributed by atoms with Gasteiger partial charge in [0.25, 0.3) is 0 Å². The summed E-state index contributed by atoms with van der Waals surface area (Å²) in [5, 5.41) is 12.1. The van der Waals surface area contributed by atoms with Gasteiger partial charge in [0.15, 0.2) is 5.60 Å². The molecule has 0 bridgehead atoms. The Morgan fingerprint density at radius 2 is 1.79 bits per heavy atom. The van der Waals surface area contributed by atoms with Crippen LogP contribution in [0.25, 0.3) is 0 Å². The van der Waals surface area contributed by atoms with Gasteiger partial charge in [-0.1, -0.05) is 67.4 Å². The molecule has 0 radical (unpaired) electrons. The molecule has 1 aliphatic heterocycles. The summed E-state index contributed by atoms with van der Waals surface area (Å²) in [4.78, 5) is 15.9. The highest BCUT2D eigenvalue weighted by Crippen LogP contribution is 2.55. The van der Waals surface area contributed by atoms with Gasteiger partial charge in [-0.3, -0.25) is 4.79 Å². The molecule has 1 amide bonds. The fourth-order valence-electron chi connectivity index (χ4n) is 6.16. The maximum Gasteiger partial charge on any atom is 0.417 e. The second-order valence-corrected chi connectivity index (χ2v) is 12.0. The molecule has 2 aromatic carbocycles. The van der Waals surface area contributed by atoms with Gasteiger partial charge in [0.2, 0.25) is 5.91 Å². The summed E-state index contributed by atoms with van der Waals surface area (Å²) in [6.07, 6.45) is -1.95. The van der Waals surface area contributed by atoms with Gasteiger partial charge in [-0.2, -0.15) is 13.2 Å². The van der Waals surface area contributed by atoms with E-state index in [-0.39, 0.29) is 18.2 Å². The Hall–Kier alpha value is -2.02. The lowest BCUT2D eigenvalue weighted by molar-refractivity contribution is -0.275. The van der Waals surface area contributed by atoms with E-state index in [1.807, 2.05) is 37.3 Å². The lowest BCUT2D eigenvalue weighted by Crippen LogP contribution is -2.59. The Bertz CT molecular complexity index is 1170. The van der Waals surface area contributed by atoms with Crippen molar-refractivity contribution in [2.45, 2.75) is 82.2 Å². The Kier molecular flexibility index (Phi) is 8.28. The van der Waals surface area contributed by atoms with Crippen LogP contribution >= 0.6 is 23.2 Å². The van der Waals surface area contributed by atoms with Crippen LogP contribution in [0.3, 0.4) is 0 Å². The molecular formula is C30H34Cl2F3NO2. The first-order valence-corrected chi connectivity index (χ1v) is 13.8. The van der Waals surface area contributed by atoms with Crippen LogP contribution in [0.4, 0.5) is 13.2 Å². The molecule has 5 atom stereocenters. The van der Waals surface area contributed by atoms with E-state index < -0.39 is 41.6 Å². The molecule has 3 nitrogen and oxygen atoms in total. The Morgan fingerprint density at radius 1 is 1.13 bits per heavy atom. The van der Waals surface area contributed by atoms with Gasteiger partial charge < -0.3 is 10.0 Å². The minimum Gasteiger partial charge on any atom is -0.380 e. The third kappa shape index (κ3) is 5.50. The number of alkyl halides is 3. The van der Waals surface area contributed by atoms with Crippen molar-refractivity contribution in [2.24, 2.45) is 11.3 Å². The van der Waals surface area contributed by atoms with Crippen molar-refractivity contribution in [3.05, 3.63) is 82.4 Å². The molecule has 8 heteroatoms. The molecule has 1 N–H and O–H groups in total. The number of benzene rings is 2. The van der Waals surface area contributed by atoms with Crippen LogP contribution in [-0.2, 0) is 4.79 Å². The maximum atomic E-state index is 14.3. The predicted molar refractivity (Wildman–Crippen MR) is 145 cm³/mol. The van der Waals surface area contributed by atoms with Gasteiger partial charge in [-0.25, -0.2) is 0 Å². The van der Waals surface area contributed by atoms with Crippen LogP contribution in [0, 0.1) is 11.3 Å². The molecule has 206 valence electrons. The third-order valence-corrected chi connectivity index (χ3v) is 8.83. The molecule has 38 heavy (non-hydrogen) atoms. The molecule has 1 aliphatic carbocycles. The molecule has 1 saturated carbocycles. The van der Waals surface area contributed by atoms with Crippen LogP contribution in [0.5, 0.6) is 0 Å². The highest BCUT2D eigenvalue weighted by atomic mass is 35.5. The quantitative estimate of drug-likeness (QED) is 0.308. The maximum absolute atomic E-state index is 14.3. The molecule has 4 rings (SSSR count). The first kappa shape index (κ1) is 29.0. The van der Waals surface area contributed by atoms with E-state index in [1.165, 1.54) is 0 Å². The number of hydrogen-bond acceptors (Lipinski definition) is 2. The molecule has 2 fully saturated rings. The second kappa shape index (κ2) is 10.9. The molecule has 2 unspecified atom stereocenters. The molecule has 0 aromatic heterocycles. The van der Waals surface area contributed by atoms with Gasteiger partial charge in [-0.05, 0) is 73.4 Å². The molecule has 1 heterocycles. The summed E-state index contributed by atoms with van der Waals surface area (Å²) in [6.45, 7) is 7.47. The average molecular weight is 569 g/mol. The highest BCUT2D eigenvalue weighted by Gasteiger charge is 2.63. The Balaban J connectivity index is 1.89. The van der Waals surface area contributed by atoms with Crippen molar-refractivity contribution in [1.82, 2.24) is 4.90 Å². The number of amides is 1. The summed E-state index contributed by atoms with van der Waals surface area (Å²) in [6, 6.07) is 13.1. The first-order chi connectivity index (χ1) is 17.8. The third-order valence-electron chi connectivity index (χ3n) is 8.34. The van der Waals surface area contributed by atoms with Crippen LogP contribution in [-0.4, -0.2) is 33.7 Å². The van der Waals surface area contributed by atoms with Gasteiger partial charge >= 0.3 is 6.18 Å². The Morgan fingerprint density at radius 3 is 2.32 bits per heavy atom. The lowest BCUT2D eigenvalue weighted by Gasteiger charge is -2.53. The van der Waals surface area contributed by atoms with Crippen LogP contribution in [0.2, 0.25) is 10.0 Å². The van der Waals surface area contributed by atoms with Crippen LogP contribution in [0.1, 0.15) is 75.5 Å². The van der Waals surface area contributed by atoms with Crippen molar-refractivity contribution in [2.75, 3.05) is 0 Å². The largest absolute Gasteiger partial charge is 0.417 e. The topological polar surface area (TPSA) is 40.5 Å². The van der Waals surface area contributed by atoms with Crippen LogP contribution in [0.15, 0.2) is 61.2 Å². The summed E-state index contributed by atoms with van der Waals surface area (Å²) in [5.74, 6) is -1.34. The monoisotopic (exact) mass is 567 g/mol. The molecule has 0 spiro atoms. The fourth-order valence-corrected chi connectivity index (χ4v) is 6.49. The number of hydrogen-bond donors (Lipinski definition) is 1. The summed E-state index contributed by atoms with van der Waals surface area (Å²) >= 11 is 12.6. The van der Waals surface area contributed by atoms with E-state index in [9.17, 15) is 23.1 Å². The minimum absolute atomic E-state index is 0.234. The van der Waals surface area contributed by atoms with Crippen molar-refractivity contribution in [3.63, 3.8) is 0 Å². The van der Waals surface area contributed by atoms with E-state index in [0.717, 1.165) is 11.1 Å². The Labute approximate surface area is 232 Å². The average Bonchev–Trinajstić information content (AvgIpc) is 3.70. The fraction of sp³-hybridized carbons (Fsp3) is 0.500. The zero-order chi connectivity index (χ0) is 27.9. The standard InChI is InChI=1S/C30H34Cl2F3NO2/c1-4-15-28(3)18-25(20-7-6-8-23(32)16-20)26(19-9-13-22(31)14-10-19)36(27(28)37)24(5-2)17-29(38,21-11-12-21)30(33,34)35/h4,6-10,13-14,16,21,24-26,38H,1,5,11-12,15,17-18H2,2-3H3/t24?,25-,26?,28+,29-/m1/s1. The predicted octanol–water partition coefficient (Wildman–Crippen LogP) is 8.51. The number of carbonyl (C=O) groups excluding carboxylic acids is 1. The van der Waals surface area contributed by atoms with E-state index in [1.54, 1.807) is 36.1 Å². The number of likely N-dealkylation sites (tertiary alicyclic amines) is 1. The normalized spacial score (nSPS) is 26.6. The van der Waals surface area contributed by atoms with E-state index in [2.05, 4.69) is 6.58 Å². The number of halogens is 5. The molecule has 1 saturated heterocycles. The van der Waals surface area contributed by atoms with Crippen molar-refractivity contribution < 1.29 is 23.1 Å². The van der Waals surface area contributed by atoms with Gasteiger partial charge in [0.1, 0.15) is 0 Å². The molecule has 2 aliphatic rings. The van der Waals surface area contributed by atoms with Crippen molar-refractivity contribution in [3.8, 4) is 0 Å². The SMILES string of the molecule is C=CC[C@@]1(C)C[C@H](c2cccc(Cl)c2)C(c2ccc(Cl)cc2)N(C(CC)C[C@@](O)(C2CC2)C(F)(F)F)C1=O. The van der Waals surface area contributed by atoms with Gasteiger partial charge in [0, 0.05) is 28.4 Å². The highest BCUT2D eigenvalue weighted by molar-refractivity contribution is 6.30. The minimum atomic E-state index is -4.80. The van der Waals surface area contributed by atoms with Crippen molar-refractivity contribution >= 4 is 29.1 Å². The van der Waals surface area contributed by atoms with E-state index in [4.69, 9.17) is 23.2 Å². The number of rotatable bonds is 9. The number of aliphatic hydroxyl groups is 1. The van der Waals surface area contributed by atoms with Crippen LogP contribution < -0.4 is 0 Å². The van der Waals surface area contributed by atoms with E-state index in [0.29, 0.717) is 35.7 Å². The summed E-state index contributed by atoms with van der Waals surface area (Å²) in [7, 11) is 0. The van der Waals surface area contributed by atoms with Gasteiger partial charge in [0.05, 0.1) is 11.5 Å². The van der Waals surface area contributed by atoms with Gasteiger partial charge in [-0.15, -0.1) is 6.58 Å².